The first-order valence-electron chi connectivity index (χ1n) is 7.38. The van der Waals surface area contributed by atoms with E-state index in [4.69, 9.17) is 28.9 Å². The van der Waals surface area contributed by atoms with Gasteiger partial charge in [0.15, 0.2) is 5.69 Å². The zero-order valence-corrected chi connectivity index (χ0v) is 15.2. The van der Waals surface area contributed by atoms with Crippen molar-refractivity contribution < 1.29 is 36.6 Å². The topological polar surface area (TPSA) is 117 Å². The Kier molecular flexibility index (Phi) is 4.59. The van der Waals surface area contributed by atoms with Crippen LogP contribution in [-0.2, 0) is 10.2 Å². The second-order valence-corrected chi connectivity index (χ2v) is 6.80. The summed E-state index contributed by atoms with van der Waals surface area (Å²) in [5, 5.41) is 23.3. The molecule has 1 aliphatic carbocycles. The van der Waals surface area contributed by atoms with Gasteiger partial charge in [-0.25, -0.2) is 13.5 Å². The molecule has 2 N–H and O–H groups in total. The van der Waals surface area contributed by atoms with E-state index in [1.54, 1.807) is 0 Å². The number of nitrogens with zero attached hydrogens (tertiary/aromatic N) is 3. The van der Waals surface area contributed by atoms with E-state index in [1.807, 2.05) is 0 Å². The van der Waals surface area contributed by atoms with Crippen molar-refractivity contribution >= 4 is 35.0 Å². The van der Waals surface area contributed by atoms with Gasteiger partial charge in [0, 0.05) is 18.6 Å². The first-order valence-corrected chi connectivity index (χ1v) is 8.14. The van der Waals surface area contributed by atoms with E-state index in [2.05, 4.69) is 9.84 Å². The molecule has 1 saturated carbocycles. The van der Waals surface area contributed by atoms with Crippen LogP contribution < -0.4 is 15.6 Å². The van der Waals surface area contributed by atoms with Crippen molar-refractivity contribution in [1.29, 1.82) is 5.26 Å². The molecule has 1 atom stereocenters. The van der Waals surface area contributed by atoms with Crippen molar-refractivity contribution in [2.24, 2.45) is 0 Å². The third-order valence-electron chi connectivity index (χ3n) is 4.22. The van der Waals surface area contributed by atoms with Crippen LogP contribution in [-0.4, -0.2) is 28.0 Å². The van der Waals surface area contributed by atoms with Gasteiger partial charge in [-0.1, -0.05) is 23.2 Å². The van der Waals surface area contributed by atoms with Crippen molar-refractivity contribution in [3.63, 3.8) is 0 Å². The fraction of sp³-hybridized carbons (Fsp3) is 0.267. The maximum atomic E-state index is 13.9. The first kappa shape index (κ1) is 20.9. The minimum Gasteiger partial charge on any atom is -0.549 e. The molecule has 0 spiro atoms. The molecule has 0 amide bonds. The number of nitrogen functional groups attached to an aromatic ring is 1. The standard InChI is InChI=1S/C15H7Cl2F5N4O3/c16-6-1-5(29-15(20,21)22)2-7(17)10(6)26-11(24)9(8(3-23)25-26)13(12(27)28)4-14(13,18)19/h1-2H,4,24H2,(H,27,28)/p-1. The average Bonchev–Trinajstić information content (AvgIpc) is 2.98. The maximum Gasteiger partial charge on any atom is 0.573 e. The number of alkyl halides is 5. The van der Waals surface area contributed by atoms with E-state index >= 15 is 0 Å². The molecule has 0 radical (unpaired) electrons. The Hall–Kier alpha value is -2.78. The largest absolute Gasteiger partial charge is 0.573 e. The van der Waals surface area contributed by atoms with Crippen LogP contribution in [0.2, 0.25) is 10.0 Å². The van der Waals surface area contributed by atoms with Crippen LogP contribution in [0.5, 0.6) is 5.75 Å². The minimum atomic E-state index is -5.04. The number of carbonyl (C=O) groups is 1. The van der Waals surface area contributed by atoms with E-state index < -0.39 is 63.0 Å². The van der Waals surface area contributed by atoms with Crippen LogP contribution in [0.3, 0.4) is 0 Å². The molecule has 3 rings (SSSR count). The summed E-state index contributed by atoms with van der Waals surface area (Å²) >= 11 is 11.8. The number of carbonyl (C=O) groups excluding carboxylic acids is 1. The highest BCUT2D eigenvalue weighted by Crippen LogP contribution is 2.63. The Labute approximate surface area is 168 Å². The summed E-state index contributed by atoms with van der Waals surface area (Å²) in [4.78, 5) is 11.4. The molecule has 0 bridgehead atoms. The predicted molar refractivity (Wildman–Crippen MR) is 85.6 cm³/mol. The fourth-order valence-electron chi connectivity index (χ4n) is 2.92. The summed E-state index contributed by atoms with van der Waals surface area (Å²) < 4.78 is 69.1. The first-order chi connectivity index (χ1) is 13.2. The third kappa shape index (κ3) is 3.20. The van der Waals surface area contributed by atoms with E-state index in [0.717, 1.165) is 0 Å². The molecule has 0 aliphatic heterocycles. The Morgan fingerprint density at radius 2 is 1.86 bits per heavy atom. The van der Waals surface area contributed by atoms with Gasteiger partial charge in [0.05, 0.1) is 21.6 Å². The smallest absolute Gasteiger partial charge is 0.549 e. The molecule has 2 aromatic rings. The summed E-state index contributed by atoms with van der Waals surface area (Å²) in [5.74, 6) is -7.42. The fourth-order valence-corrected chi connectivity index (χ4v) is 3.55. The Morgan fingerprint density at radius 3 is 2.24 bits per heavy atom. The maximum absolute atomic E-state index is 13.9. The molecule has 1 aliphatic rings. The number of ether oxygens (including phenoxy) is 1. The number of rotatable bonds is 4. The summed E-state index contributed by atoms with van der Waals surface area (Å²) in [7, 11) is 0. The average molecular weight is 456 g/mol. The number of nitriles is 1. The number of carboxylic acid groups (broad SMARTS) is 1. The molecule has 1 aromatic carbocycles. The molecule has 154 valence electrons. The van der Waals surface area contributed by atoms with Gasteiger partial charge < -0.3 is 20.4 Å². The Morgan fingerprint density at radius 1 is 1.34 bits per heavy atom. The van der Waals surface area contributed by atoms with Gasteiger partial charge in [0.2, 0.25) is 0 Å². The lowest BCUT2D eigenvalue weighted by molar-refractivity contribution is -0.311. The summed E-state index contributed by atoms with van der Waals surface area (Å²) in [6.07, 6.45) is -6.22. The summed E-state index contributed by atoms with van der Waals surface area (Å²) in [5.41, 5.74) is 0.964. The van der Waals surface area contributed by atoms with Crippen LogP contribution in [0.15, 0.2) is 12.1 Å². The number of nitrogens with two attached hydrogens (primary N) is 1. The van der Waals surface area contributed by atoms with Crippen LogP contribution >= 0.6 is 23.2 Å². The van der Waals surface area contributed by atoms with Gasteiger partial charge >= 0.3 is 6.36 Å². The van der Waals surface area contributed by atoms with Gasteiger partial charge in [-0.05, 0) is 0 Å². The highest BCUT2D eigenvalue weighted by Gasteiger charge is 2.75. The highest BCUT2D eigenvalue weighted by atomic mass is 35.5. The van der Waals surface area contributed by atoms with Crippen molar-refractivity contribution in [2.45, 2.75) is 24.1 Å². The van der Waals surface area contributed by atoms with Crippen LogP contribution in [0.25, 0.3) is 5.69 Å². The van der Waals surface area contributed by atoms with Gasteiger partial charge in [-0.2, -0.15) is 10.4 Å². The number of anilines is 1. The van der Waals surface area contributed by atoms with Gasteiger partial charge in [0.1, 0.15) is 28.7 Å². The van der Waals surface area contributed by atoms with E-state index in [0.29, 0.717) is 16.8 Å². The third-order valence-corrected chi connectivity index (χ3v) is 4.80. The quantitative estimate of drug-likeness (QED) is 0.707. The Balaban J connectivity index is 2.19. The van der Waals surface area contributed by atoms with Gasteiger partial charge in [-0.3, -0.25) is 0 Å². The number of hydrogen-bond acceptors (Lipinski definition) is 6. The van der Waals surface area contributed by atoms with E-state index in [9.17, 15) is 37.1 Å². The zero-order valence-electron chi connectivity index (χ0n) is 13.7. The molecule has 1 fully saturated rings. The molecule has 1 aromatic heterocycles. The molecule has 14 heteroatoms. The number of carboxylic acids is 1. The normalized spacial score (nSPS) is 20.2. The molecule has 0 saturated heterocycles. The lowest BCUT2D eigenvalue weighted by Crippen LogP contribution is -2.40. The molecule has 7 nitrogen and oxygen atoms in total. The lowest BCUT2D eigenvalue weighted by Gasteiger charge is -2.18. The molecule has 1 unspecified atom stereocenters. The van der Waals surface area contributed by atoms with Crippen LogP contribution in [0, 0.1) is 11.3 Å². The molecular formula is C15H6Cl2F5N4O3-. The minimum absolute atomic E-state index is 0.374. The number of aliphatic carboxylic acids is 1. The van der Waals surface area contributed by atoms with Crippen molar-refractivity contribution in [2.75, 3.05) is 5.73 Å². The summed E-state index contributed by atoms with van der Waals surface area (Å²) in [6.45, 7) is 0. The van der Waals surface area contributed by atoms with Gasteiger partial charge in [-0.15, -0.1) is 13.2 Å². The monoisotopic (exact) mass is 455 g/mol. The van der Waals surface area contributed by atoms with Crippen molar-refractivity contribution in [1.82, 2.24) is 9.78 Å². The lowest BCUT2D eigenvalue weighted by atomic mass is 9.95. The van der Waals surface area contributed by atoms with Gasteiger partial charge in [0.25, 0.3) is 5.92 Å². The predicted octanol–water partition coefficient (Wildman–Crippen LogP) is 2.56. The van der Waals surface area contributed by atoms with Crippen molar-refractivity contribution in [3.05, 3.63) is 33.4 Å². The Bertz CT molecular complexity index is 1060. The van der Waals surface area contributed by atoms with Crippen LogP contribution in [0.1, 0.15) is 17.7 Å². The van der Waals surface area contributed by atoms with Crippen LogP contribution in [0.4, 0.5) is 27.8 Å². The van der Waals surface area contributed by atoms with E-state index in [1.165, 1.54) is 6.07 Å². The SMILES string of the molecule is N#Cc1nn(-c2c(Cl)cc(OC(F)(F)F)cc2Cl)c(N)c1C1(C(=O)[O-])CC1(F)F. The number of hydrogen-bond donors (Lipinski definition) is 1. The zero-order chi connectivity index (χ0) is 21.9. The number of aromatic nitrogens is 2. The molecule has 29 heavy (non-hydrogen) atoms. The summed E-state index contributed by atoms with van der Waals surface area (Å²) in [6, 6.07) is 2.85. The van der Waals surface area contributed by atoms with E-state index in [-0.39, 0.29) is 5.69 Å². The molecule has 1 heterocycles. The highest BCUT2D eigenvalue weighted by molar-refractivity contribution is 6.38. The van der Waals surface area contributed by atoms with Crippen molar-refractivity contribution in [3.8, 4) is 17.5 Å². The second-order valence-electron chi connectivity index (χ2n) is 5.99. The number of benzene rings is 1. The second kappa shape index (κ2) is 6.36. The molecular weight excluding hydrogens is 450 g/mol. The number of halogens is 7.